The molecule has 2 rings (SSSR count). The molecule has 0 spiro atoms. The van der Waals surface area contributed by atoms with Gasteiger partial charge in [0.05, 0.1) is 6.42 Å². The molecule has 0 atom stereocenters. The number of hydrogen-bond acceptors (Lipinski definition) is 3. The minimum Gasteiger partial charge on any atom is -0.425 e. The van der Waals surface area contributed by atoms with E-state index in [1.165, 1.54) is 0 Å². The van der Waals surface area contributed by atoms with Gasteiger partial charge in [0.1, 0.15) is 12.3 Å². The Kier molecular flexibility index (Phi) is 5.55. The molecule has 0 aliphatic rings. The van der Waals surface area contributed by atoms with E-state index in [-0.39, 0.29) is 18.9 Å². The van der Waals surface area contributed by atoms with Crippen molar-refractivity contribution in [1.82, 2.24) is 5.32 Å². The Labute approximate surface area is 134 Å². The number of nitrogens with one attached hydrogen (secondary N) is 1. The Morgan fingerprint density at radius 2 is 1.91 bits per heavy atom. The molecule has 0 radical (unpaired) electrons. The molecule has 0 unspecified atom stereocenters. The first-order valence-corrected chi connectivity index (χ1v) is 7.19. The van der Waals surface area contributed by atoms with Gasteiger partial charge in [-0.05, 0) is 42.3 Å². The fourth-order valence-electron chi connectivity index (χ4n) is 1.91. The van der Waals surface area contributed by atoms with E-state index in [4.69, 9.17) is 16.3 Å². The molecule has 2 aromatic rings. The summed E-state index contributed by atoms with van der Waals surface area (Å²) in [6.07, 6.45) is 0.165. The average Bonchev–Trinajstić information content (AvgIpc) is 2.45. The van der Waals surface area contributed by atoms with Crippen molar-refractivity contribution in [2.24, 2.45) is 0 Å². The van der Waals surface area contributed by atoms with Crippen molar-refractivity contribution in [3.8, 4) is 5.75 Å². The number of benzene rings is 2. The number of rotatable bonds is 5. The zero-order valence-corrected chi connectivity index (χ0v) is 12.9. The van der Waals surface area contributed by atoms with Gasteiger partial charge < -0.3 is 10.1 Å². The third-order valence-electron chi connectivity index (χ3n) is 2.90. The maximum atomic E-state index is 11.8. The number of carbonyl (C=O) groups is 2. The van der Waals surface area contributed by atoms with Crippen LogP contribution < -0.4 is 10.1 Å². The molecule has 0 aromatic heterocycles. The summed E-state index contributed by atoms with van der Waals surface area (Å²) in [6.45, 7) is 1.73. The highest BCUT2D eigenvalue weighted by Gasteiger charge is 2.09. The number of halogens is 1. The standard InChI is InChI=1S/C17H16ClNO3/c1-12-4-2-7-15(8-12)22-17(21)11-19-16(20)10-13-5-3-6-14(18)9-13/h2-9H,10-11H2,1H3,(H,19,20). The monoisotopic (exact) mass is 317 g/mol. The third kappa shape index (κ3) is 5.22. The van der Waals surface area contributed by atoms with Crippen molar-refractivity contribution < 1.29 is 14.3 Å². The number of carbonyl (C=O) groups excluding carboxylic acids is 2. The molecule has 0 aliphatic carbocycles. The first kappa shape index (κ1) is 16.0. The lowest BCUT2D eigenvalue weighted by Crippen LogP contribution is -2.32. The summed E-state index contributed by atoms with van der Waals surface area (Å²) < 4.78 is 5.14. The zero-order chi connectivity index (χ0) is 15.9. The van der Waals surface area contributed by atoms with Gasteiger partial charge in [0.2, 0.25) is 5.91 Å². The highest BCUT2D eigenvalue weighted by molar-refractivity contribution is 6.30. The number of ether oxygens (including phenoxy) is 1. The van der Waals surface area contributed by atoms with Crippen LogP contribution in [0.4, 0.5) is 0 Å². The molecule has 114 valence electrons. The van der Waals surface area contributed by atoms with Gasteiger partial charge in [0.15, 0.2) is 0 Å². The maximum Gasteiger partial charge on any atom is 0.330 e. The van der Waals surface area contributed by atoms with Crippen molar-refractivity contribution in [2.45, 2.75) is 13.3 Å². The van der Waals surface area contributed by atoms with Gasteiger partial charge in [-0.15, -0.1) is 0 Å². The number of amides is 1. The second-order valence-corrected chi connectivity index (χ2v) is 5.31. The molecule has 1 amide bonds. The van der Waals surface area contributed by atoms with E-state index in [0.717, 1.165) is 11.1 Å². The molecule has 4 nitrogen and oxygen atoms in total. The van der Waals surface area contributed by atoms with Crippen molar-refractivity contribution in [3.05, 3.63) is 64.7 Å². The van der Waals surface area contributed by atoms with Crippen LogP contribution in [-0.2, 0) is 16.0 Å². The first-order valence-electron chi connectivity index (χ1n) is 6.81. The fourth-order valence-corrected chi connectivity index (χ4v) is 2.12. The molecular weight excluding hydrogens is 302 g/mol. The quantitative estimate of drug-likeness (QED) is 0.681. The summed E-state index contributed by atoms with van der Waals surface area (Å²) in [5.74, 6) is -0.303. The number of aryl methyl sites for hydroxylation is 1. The SMILES string of the molecule is Cc1cccc(OC(=O)CNC(=O)Cc2cccc(Cl)c2)c1. The maximum absolute atomic E-state index is 11.8. The predicted molar refractivity (Wildman–Crippen MR) is 85.0 cm³/mol. The van der Waals surface area contributed by atoms with E-state index in [9.17, 15) is 9.59 Å². The molecule has 0 aliphatic heterocycles. The minimum absolute atomic E-state index is 0.165. The van der Waals surface area contributed by atoms with Gasteiger partial charge in [-0.25, -0.2) is 4.79 Å². The Morgan fingerprint density at radius 1 is 1.14 bits per heavy atom. The summed E-state index contributed by atoms with van der Waals surface area (Å²) in [4.78, 5) is 23.4. The van der Waals surface area contributed by atoms with Gasteiger partial charge in [-0.1, -0.05) is 35.9 Å². The minimum atomic E-state index is -0.509. The highest BCUT2D eigenvalue weighted by Crippen LogP contribution is 2.12. The third-order valence-corrected chi connectivity index (χ3v) is 3.14. The fraction of sp³-hybridized carbons (Fsp3) is 0.176. The van der Waals surface area contributed by atoms with Crippen molar-refractivity contribution in [1.29, 1.82) is 0 Å². The van der Waals surface area contributed by atoms with Crippen LogP contribution in [0.2, 0.25) is 5.02 Å². The van der Waals surface area contributed by atoms with Crippen LogP contribution in [0.25, 0.3) is 0 Å². The predicted octanol–water partition coefficient (Wildman–Crippen LogP) is 2.91. The molecule has 0 fully saturated rings. The van der Waals surface area contributed by atoms with Gasteiger partial charge in [0, 0.05) is 5.02 Å². The average molecular weight is 318 g/mol. The van der Waals surface area contributed by atoms with Gasteiger partial charge >= 0.3 is 5.97 Å². The molecule has 5 heteroatoms. The van der Waals surface area contributed by atoms with Crippen LogP contribution in [0.3, 0.4) is 0 Å². The van der Waals surface area contributed by atoms with Crippen LogP contribution in [-0.4, -0.2) is 18.4 Å². The van der Waals surface area contributed by atoms with E-state index in [1.807, 2.05) is 13.0 Å². The second-order valence-electron chi connectivity index (χ2n) is 4.87. The Balaban J connectivity index is 1.79. The van der Waals surface area contributed by atoms with Crippen molar-refractivity contribution in [3.63, 3.8) is 0 Å². The number of esters is 1. The first-order chi connectivity index (χ1) is 10.5. The van der Waals surface area contributed by atoms with Gasteiger partial charge in [-0.2, -0.15) is 0 Å². The van der Waals surface area contributed by atoms with E-state index in [2.05, 4.69) is 5.32 Å². The van der Waals surface area contributed by atoms with E-state index < -0.39 is 5.97 Å². The van der Waals surface area contributed by atoms with Crippen molar-refractivity contribution in [2.75, 3.05) is 6.54 Å². The topological polar surface area (TPSA) is 55.4 Å². The lowest BCUT2D eigenvalue weighted by Gasteiger charge is -2.07. The zero-order valence-electron chi connectivity index (χ0n) is 12.1. The Morgan fingerprint density at radius 3 is 2.64 bits per heavy atom. The Hall–Kier alpha value is -2.33. The molecular formula is C17H16ClNO3. The molecule has 2 aromatic carbocycles. The summed E-state index contributed by atoms with van der Waals surface area (Å²) in [6, 6.07) is 14.2. The van der Waals surface area contributed by atoms with Crippen LogP contribution in [0.1, 0.15) is 11.1 Å². The second kappa shape index (κ2) is 7.61. The smallest absolute Gasteiger partial charge is 0.330 e. The summed E-state index contributed by atoms with van der Waals surface area (Å²) in [7, 11) is 0. The van der Waals surface area contributed by atoms with Gasteiger partial charge in [-0.3, -0.25) is 4.79 Å². The van der Waals surface area contributed by atoms with Crippen LogP contribution in [0, 0.1) is 6.92 Å². The molecule has 22 heavy (non-hydrogen) atoms. The summed E-state index contributed by atoms with van der Waals surface area (Å²) in [5, 5.41) is 3.10. The largest absolute Gasteiger partial charge is 0.425 e. The number of hydrogen-bond donors (Lipinski definition) is 1. The van der Waals surface area contributed by atoms with E-state index >= 15 is 0 Å². The van der Waals surface area contributed by atoms with Crippen LogP contribution in [0.15, 0.2) is 48.5 Å². The summed E-state index contributed by atoms with van der Waals surface area (Å²) >= 11 is 5.85. The molecule has 0 heterocycles. The van der Waals surface area contributed by atoms with E-state index in [0.29, 0.717) is 10.8 Å². The summed E-state index contributed by atoms with van der Waals surface area (Å²) in [5.41, 5.74) is 1.78. The molecule has 0 saturated carbocycles. The normalized spacial score (nSPS) is 10.1. The van der Waals surface area contributed by atoms with E-state index in [1.54, 1.807) is 42.5 Å². The van der Waals surface area contributed by atoms with Crippen LogP contribution in [0.5, 0.6) is 5.75 Å². The van der Waals surface area contributed by atoms with Crippen molar-refractivity contribution >= 4 is 23.5 Å². The van der Waals surface area contributed by atoms with Crippen LogP contribution >= 0.6 is 11.6 Å². The Bertz CT molecular complexity index is 626. The van der Waals surface area contributed by atoms with Gasteiger partial charge in [0.25, 0.3) is 0 Å². The molecule has 0 saturated heterocycles. The lowest BCUT2D eigenvalue weighted by molar-refractivity contribution is -0.135. The molecule has 1 N–H and O–H groups in total. The lowest BCUT2D eigenvalue weighted by atomic mass is 10.1. The highest BCUT2D eigenvalue weighted by atomic mass is 35.5. The molecule has 0 bridgehead atoms.